The van der Waals surface area contributed by atoms with Gasteiger partial charge in [-0.3, -0.25) is 10.1 Å². The first kappa shape index (κ1) is 10.8. The van der Waals surface area contributed by atoms with Gasteiger partial charge in [0.25, 0.3) is 5.70 Å². The zero-order valence-electron chi connectivity index (χ0n) is 7.43. The van der Waals surface area contributed by atoms with Crippen LogP contribution in [0.2, 0.25) is 0 Å². The molecular formula is C8H12FNO2. The fourth-order valence-electron chi connectivity index (χ4n) is 0.613. The molecule has 0 atom stereocenters. The Hall–Kier alpha value is -1.19. The number of hydrogen-bond donors (Lipinski definition) is 0. The number of nitrogens with zero attached hydrogens (tertiary/aromatic N) is 1. The quantitative estimate of drug-likeness (QED) is 0.374. The van der Waals surface area contributed by atoms with E-state index in [0.29, 0.717) is 6.42 Å². The molecule has 0 N–H and O–H groups in total. The van der Waals surface area contributed by atoms with Crippen molar-refractivity contribution in [2.75, 3.05) is 0 Å². The summed E-state index contributed by atoms with van der Waals surface area (Å²) in [5.41, 5.74) is 0.341. The number of nitro groups is 1. The summed E-state index contributed by atoms with van der Waals surface area (Å²) in [4.78, 5) is 9.54. The lowest BCUT2D eigenvalue weighted by Gasteiger charge is -1.94. The van der Waals surface area contributed by atoms with Gasteiger partial charge < -0.3 is 0 Å². The molecule has 0 aromatic rings. The van der Waals surface area contributed by atoms with Gasteiger partial charge in [-0.2, -0.15) is 0 Å². The topological polar surface area (TPSA) is 43.1 Å². The highest BCUT2D eigenvalue weighted by atomic mass is 19.1. The van der Waals surface area contributed by atoms with E-state index in [4.69, 9.17) is 0 Å². The molecule has 0 rings (SSSR count). The first-order valence-corrected chi connectivity index (χ1v) is 3.67. The number of halogens is 1. The highest BCUT2D eigenvalue weighted by Gasteiger charge is 2.11. The van der Waals surface area contributed by atoms with Crippen LogP contribution in [0.15, 0.2) is 23.2 Å². The normalized spacial score (nSPS) is 14.2. The molecule has 4 heteroatoms. The van der Waals surface area contributed by atoms with Crippen molar-refractivity contribution in [2.24, 2.45) is 0 Å². The largest absolute Gasteiger partial charge is 0.300 e. The molecule has 0 bridgehead atoms. The molecule has 0 amide bonds. The first-order chi connectivity index (χ1) is 5.49. The van der Waals surface area contributed by atoms with Crippen LogP contribution < -0.4 is 0 Å². The van der Waals surface area contributed by atoms with Gasteiger partial charge in [-0.15, -0.1) is 0 Å². The standard InChI is InChI=1S/C8H12FNO2/c1-4-6(2)5-8(7(3)9)10(11)12/h5H,4H2,1-3H3/b6-5-,8-7-. The lowest BCUT2D eigenvalue weighted by Crippen LogP contribution is -1.97. The van der Waals surface area contributed by atoms with E-state index in [2.05, 4.69) is 0 Å². The summed E-state index contributed by atoms with van der Waals surface area (Å²) in [6, 6.07) is 0. The molecular weight excluding hydrogens is 161 g/mol. The second kappa shape index (κ2) is 4.64. The Labute approximate surface area is 70.7 Å². The Morgan fingerprint density at radius 3 is 2.33 bits per heavy atom. The monoisotopic (exact) mass is 173 g/mol. The van der Waals surface area contributed by atoms with Gasteiger partial charge in [0, 0.05) is 6.08 Å². The summed E-state index contributed by atoms with van der Waals surface area (Å²) in [6.07, 6.45) is 1.94. The highest BCUT2D eigenvalue weighted by Crippen LogP contribution is 2.11. The van der Waals surface area contributed by atoms with Gasteiger partial charge in [-0.05, 0) is 20.3 Å². The molecule has 0 saturated carbocycles. The second-order valence-electron chi connectivity index (χ2n) is 2.52. The maximum Gasteiger partial charge on any atom is 0.300 e. The van der Waals surface area contributed by atoms with Gasteiger partial charge in [0.2, 0.25) is 0 Å². The molecule has 0 aromatic carbocycles. The molecule has 3 nitrogen and oxygen atoms in total. The van der Waals surface area contributed by atoms with E-state index >= 15 is 0 Å². The third kappa shape index (κ3) is 3.27. The van der Waals surface area contributed by atoms with Crippen molar-refractivity contribution < 1.29 is 9.31 Å². The van der Waals surface area contributed by atoms with Crippen molar-refractivity contribution in [1.29, 1.82) is 0 Å². The smallest absolute Gasteiger partial charge is 0.258 e. The van der Waals surface area contributed by atoms with E-state index in [1.54, 1.807) is 6.92 Å². The Morgan fingerprint density at radius 2 is 2.08 bits per heavy atom. The van der Waals surface area contributed by atoms with Gasteiger partial charge >= 0.3 is 0 Å². The highest BCUT2D eigenvalue weighted by molar-refractivity contribution is 5.18. The van der Waals surface area contributed by atoms with Crippen molar-refractivity contribution in [3.63, 3.8) is 0 Å². The third-order valence-corrected chi connectivity index (χ3v) is 1.49. The van der Waals surface area contributed by atoms with Crippen LogP contribution >= 0.6 is 0 Å². The van der Waals surface area contributed by atoms with Crippen LogP contribution in [-0.4, -0.2) is 4.92 Å². The Morgan fingerprint density at radius 1 is 1.58 bits per heavy atom. The summed E-state index contributed by atoms with van der Waals surface area (Å²) in [6.45, 7) is 4.67. The van der Waals surface area contributed by atoms with E-state index in [-0.39, 0.29) is 0 Å². The maximum atomic E-state index is 12.5. The zero-order valence-corrected chi connectivity index (χ0v) is 7.43. The summed E-state index contributed by atoms with van der Waals surface area (Å²) < 4.78 is 12.5. The number of rotatable bonds is 3. The van der Waals surface area contributed by atoms with Gasteiger partial charge in [0.15, 0.2) is 5.83 Å². The molecule has 0 aliphatic carbocycles. The van der Waals surface area contributed by atoms with Gasteiger partial charge in [0.05, 0.1) is 4.92 Å². The second-order valence-corrected chi connectivity index (χ2v) is 2.52. The van der Waals surface area contributed by atoms with Gasteiger partial charge in [-0.25, -0.2) is 4.39 Å². The summed E-state index contributed by atoms with van der Waals surface area (Å²) >= 11 is 0. The molecule has 0 aromatic heterocycles. The van der Waals surface area contributed by atoms with Gasteiger partial charge in [-0.1, -0.05) is 12.5 Å². The molecule has 0 saturated heterocycles. The first-order valence-electron chi connectivity index (χ1n) is 3.67. The average molecular weight is 173 g/mol. The average Bonchev–Trinajstić information content (AvgIpc) is 1.98. The fraction of sp³-hybridized carbons (Fsp3) is 0.500. The molecule has 68 valence electrons. The molecule has 12 heavy (non-hydrogen) atoms. The number of allylic oxidation sites excluding steroid dienone is 3. The van der Waals surface area contributed by atoms with Crippen LogP contribution in [0.5, 0.6) is 0 Å². The molecule has 0 spiro atoms. The summed E-state index contributed by atoms with van der Waals surface area (Å²) in [5.74, 6) is -0.757. The summed E-state index contributed by atoms with van der Waals surface area (Å²) in [5, 5.41) is 10.3. The predicted molar refractivity (Wildman–Crippen MR) is 44.9 cm³/mol. The molecule has 0 heterocycles. The van der Waals surface area contributed by atoms with E-state index in [1.807, 2.05) is 6.92 Å². The fourth-order valence-corrected chi connectivity index (χ4v) is 0.613. The van der Waals surface area contributed by atoms with Crippen molar-refractivity contribution >= 4 is 0 Å². The molecule has 0 unspecified atom stereocenters. The molecule has 0 fully saturated rings. The third-order valence-electron chi connectivity index (χ3n) is 1.49. The Balaban J connectivity index is 4.82. The zero-order chi connectivity index (χ0) is 9.72. The van der Waals surface area contributed by atoms with Crippen LogP contribution in [0.1, 0.15) is 27.2 Å². The van der Waals surface area contributed by atoms with Gasteiger partial charge in [0.1, 0.15) is 0 Å². The van der Waals surface area contributed by atoms with Crippen LogP contribution in [0.25, 0.3) is 0 Å². The van der Waals surface area contributed by atoms with Crippen LogP contribution in [0.3, 0.4) is 0 Å². The van der Waals surface area contributed by atoms with Crippen LogP contribution in [0, 0.1) is 10.1 Å². The minimum atomic E-state index is -0.757. The maximum absolute atomic E-state index is 12.5. The van der Waals surface area contributed by atoms with Crippen molar-refractivity contribution in [3.8, 4) is 0 Å². The summed E-state index contributed by atoms with van der Waals surface area (Å²) in [7, 11) is 0. The minimum Gasteiger partial charge on any atom is -0.258 e. The van der Waals surface area contributed by atoms with Crippen LogP contribution in [0.4, 0.5) is 4.39 Å². The Kier molecular flexibility index (Phi) is 4.18. The molecule has 0 radical (unpaired) electrons. The van der Waals surface area contributed by atoms with E-state index in [1.165, 1.54) is 6.08 Å². The van der Waals surface area contributed by atoms with E-state index in [9.17, 15) is 14.5 Å². The van der Waals surface area contributed by atoms with E-state index < -0.39 is 16.4 Å². The Bertz CT molecular complexity index is 239. The molecule has 0 aliphatic heterocycles. The SMILES string of the molecule is CC/C(C)=C\C(=C(/C)F)[N+](=O)[O-]. The minimum absolute atomic E-state index is 0.450. The van der Waals surface area contributed by atoms with Crippen molar-refractivity contribution in [1.82, 2.24) is 0 Å². The molecule has 0 aliphatic rings. The van der Waals surface area contributed by atoms with E-state index in [0.717, 1.165) is 12.5 Å². The van der Waals surface area contributed by atoms with Crippen LogP contribution in [-0.2, 0) is 0 Å². The van der Waals surface area contributed by atoms with Crippen molar-refractivity contribution in [3.05, 3.63) is 33.3 Å². The lowest BCUT2D eigenvalue weighted by atomic mass is 10.2. The van der Waals surface area contributed by atoms with Crippen molar-refractivity contribution in [2.45, 2.75) is 27.2 Å². The lowest BCUT2D eigenvalue weighted by molar-refractivity contribution is -0.421. The number of hydrogen-bond acceptors (Lipinski definition) is 2. The predicted octanol–water partition coefficient (Wildman–Crippen LogP) is 2.82.